The second-order valence-electron chi connectivity index (χ2n) is 7.00. The summed E-state index contributed by atoms with van der Waals surface area (Å²) in [5, 5.41) is 2.81. The van der Waals surface area contributed by atoms with Crippen LogP contribution in [0.1, 0.15) is 36.3 Å². The average molecular weight is 390 g/mol. The lowest BCUT2D eigenvalue weighted by Gasteiger charge is -2.31. The highest BCUT2D eigenvalue weighted by Gasteiger charge is 2.48. The van der Waals surface area contributed by atoms with Crippen LogP contribution in [0.5, 0.6) is 0 Å². The van der Waals surface area contributed by atoms with Crippen LogP contribution in [-0.2, 0) is 21.0 Å². The van der Waals surface area contributed by atoms with Gasteiger partial charge in [0, 0.05) is 25.0 Å². The number of amides is 1. The standard InChI is InChI=1S/C17H21F3N2O3S/c1-26(24,25)22-8-4-5-11(10-22)21-16(23)14-9-13(14)12-6-2-3-7-15(12)17(18,19)20/h2-3,6-7,11,13-14H,4-5,8-10H2,1H3,(H,21,23)/t11-,13+,14+/m0/s1. The zero-order valence-corrected chi connectivity index (χ0v) is 15.1. The van der Waals surface area contributed by atoms with Gasteiger partial charge in [-0.15, -0.1) is 0 Å². The number of benzene rings is 1. The van der Waals surface area contributed by atoms with Crippen molar-refractivity contribution in [2.24, 2.45) is 5.92 Å². The third kappa shape index (κ3) is 4.20. The van der Waals surface area contributed by atoms with Gasteiger partial charge in [0.2, 0.25) is 15.9 Å². The molecule has 0 aromatic heterocycles. The van der Waals surface area contributed by atoms with Crippen LogP contribution in [0.25, 0.3) is 0 Å². The number of hydrogen-bond acceptors (Lipinski definition) is 3. The van der Waals surface area contributed by atoms with Gasteiger partial charge in [-0.25, -0.2) is 12.7 Å². The Labute approximate surface area is 150 Å². The Morgan fingerprint density at radius 1 is 1.27 bits per heavy atom. The highest BCUT2D eigenvalue weighted by molar-refractivity contribution is 7.88. The largest absolute Gasteiger partial charge is 0.416 e. The number of rotatable bonds is 4. The predicted molar refractivity (Wildman–Crippen MR) is 89.9 cm³/mol. The van der Waals surface area contributed by atoms with Gasteiger partial charge in [0.1, 0.15) is 0 Å². The molecule has 1 heterocycles. The lowest BCUT2D eigenvalue weighted by Crippen LogP contribution is -2.49. The molecule has 1 saturated heterocycles. The molecule has 1 amide bonds. The third-order valence-electron chi connectivity index (χ3n) is 4.99. The van der Waals surface area contributed by atoms with Gasteiger partial charge in [-0.3, -0.25) is 4.79 Å². The van der Waals surface area contributed by atoms with Crippen molar-refractivity contribution in [3.05, 3.63) is 35.4 Å². The van der Waals surface area contributed by atoms with E-state index >= 15 is 0 Å². The van der Waals surface area contributed by atoms with Gasteiger partial charge in [-0.2, -0.15) is 13.2 Å². The quantitative estimate of drug-likeness (QED) is 0.858. The maximum absolute atomic E-state index is 13.1. The smallest absolute Gasteiger partial charge is 0.352 e. The summed E-state index contributed by atoms with van der Waals surface area (Å²) < 4.78 is 64.0. The molecule has 1 aliphatic carbocycles. The Hall–Kier alpha value is -1.61. The minimum absolute atomic E-state index is 0.154. The molecular formula is C17H21F3N2O3S. The summed E-state index contributed by atoms with van der Waals surface area (Å²) in [5.41, 5.74) is -0.539. The van der Waals surface area contributed by atoms with E-state index in [0.717, 1.165) is 12.3 Å². The first-order valence-corrected chi connectivity index (χ1v) is 10.3. The van der Waals surface area contributed by atoms with Crippen molar-refractivity contribution in [1.29, 1.82) is 0 Å². The summed E-state index contributed by atoms with van der Waals surface area (Å²) in [4.78, 5) is 12.4. The zero-order valence-electron chi connectivity index (χ0n) is 14.3. The topological polar surface area (TPSA) is 66.5 Å². The minimum Gasteiger partial charge on any atom is -0.352 e. The third-order valence-corrected chi connectivity index (χ3v) is 6.26. The molecule has 1 N–H and O–H groups in total. The Morgan fingerprint density at radius 2 is 1.96 bits per heavy atom. The van der Waals surface area contributed by atoms with E-state index in [2.05, 4.69) is 5.32 Å². The summed E-state index contributed by atoms with van der Waals surface area (Å²) in [6, 6.07) is 5.04. The van der Waals surface area contributed by atoms with Crippen LogP contribution in [0, 0.1) is 5.92 Å². The molecule has 2 aliphatic rings. The van der Waals surface area contributed by atoms with E-state index < -0.39 is 33.6 Å². The number of nitrogens with zero attached hydrogens (tertiary/aromatic N) is 1. The number of hydrogen-bond donors (Lipinski definition) is 1. The highest BCUT2D eigenvalue weighted by atomic mass is 32.2. The van der Waals surface area contributed by atoms with Crippen LogP contribution in [-0.4, -0.2) is 44.0 Å². The molecule has 0 radical (unpaired) electrons. The van der Waals surface area contributed by atoms with Crippen LogP contribution >= 0.6 is 0 Å². The monoisotopic (exact) mass is 390 g/mol. The van der Waals surface area contributed by atoms with E-state index in [0.29, 0.717) is 25.8 Å². The molecule has 1 aromatic carbocycles. The Morgan fingerprint density at radius 3 is 2.62 bits per heavy atom. The summed E-state index contributed by atoms with van der Waals surface area (Å²) >= 11 is 0. The lowest BCUT2D eigenvalue weighted by atomic mass is 10.0. The van der Waals surface area contributed by atoms with Gasteiger partial charge in [-0.05, 0) is 36.8 Å². The Kier molecular flexibility index (Phi) is 5.04. The van der Waals surface area contributed by atoms with Crippen LogP contribution in [0.15, 0.2) is 24.3 Å². The summed E-state index contributed by atoms with van der Waals surface area (Å²) in [5.74, 6) is -1.23. The normalized spacial score (nSPS) is 27.2. The molecule has 1 saturated carbocycles. The van der Waals surface area contributed by atoms with Gasteiger partial charge in [-0.1, -0.05) is 18.2 Å². The molecule has 0 unspecified atom stereocenters. The van der Waals surface area contributed by atoms with Crippen LogP contribution < -0.4 is 5.32 Å². The number of sulfonamides is 1. The molecule has 26 heavy (non-hydrogen) atoms. The molecule has 0 spiro atoms. The fourth-order valence-corrected chi connectivity index (χ4v) is 4.49. The van der Waals surface area contributed by atoms with E-state index in [9.17, 15) is 26.4 Å². The average Bonchev–Trinajstić information content (AvgIpc) is 3.34. The number of carbonyl (C=O) groups excluding carboxylic acids is 1. The van der Waals surface area contributed by atoms with E-state index in [1.165, 1.54) is 16.4 Å². The summed E-state index contributed by atoms with van der Waals surface area (Å²) in [6.45, 7) is 0.636. The van der Waals surface area contributed by atoms with Crippen LogP contribution in [0.3, 0.4) is 0 Å². The van der Waals surface area contributed by atoms with Gasteiger partial charge < -0.3 is 5.32 Å². The highest BCUT2D eigenvalue weighted by Crippen LogP contribution is 2.51. The van der Waals surface area contributed by atoms with E-state index in [1.54, 1.807) is 6.07 Å². The van der Waals surface area contributed by atoms with Crippen molar-refractivity contribution >= 4 is 15.9 Å². The molecule has 3 rings (SSSR count). The molecule has 2 fully saturated rings. The van der Waals surface area contributed by atoms with E-state index in [-0.39, 0.29) is 24.1 Å². The van der Waals surface area contributed by atoms with E-state index in [1.807, 2.05) is 0 Å². The van der Waals surface area contributed by atoms with Crippen molar-refractivity contribution in [2.75, 3.05) is 19.3 Å². The van der Waals surface area contributed by atoms with Gasteiger partial charge in [0.25, 0.3) is 0 Å². The van der Waals surface area contributed by atoms with Crippen molar-refractivity contribution in [3.63, 3.8) is 0 Å². The SMILES string of the molecule is CS(=O)(=O)N1CCC[C@H](NC(=O)[C@@H]2C[C@@H]2c2ccccc2C(F)(F)F)C1. The first kappa shape index (κ1) is 19.2. The number of alkyl halides is 3. The fourth-order valence-electron chi connectivity index (χ4n) is 3.58. The van der Waals surface area contributed by atoms with Crippen molar-refractivity contribution in [1.82, 2.24) is 9.62 Å². The van der Waals surface area contributed by atoms with Crippen molar-refractivity contribution < 1.29 is 26.4 Å². The van der Waals surface area contributed by atoms with Crippen LogP contribution in [0.2, 0.25) is 0 Å². The molecule has 1 aromatic rings. The molecule has 5 nitrogen and oxygen atoms in total. The summed E-state index contributed by atoms with van der Waals surface area (Å²) in [7, 11) is -3.32. The number of piperidine rings is 1. The Bertz CT molecular complexity index is 795. The molecule has 0 bridgehead atoms. The minimum atomic E-state index is -4.44. The summed E-state index contributed by atoms with van der Waals surface area (Å²) in [6.07, 6.45) is -1.64. The van der Waals surface area contributed by atoms with Gasteiger partial charge >= 0.3 is 6.18 Å². The van der Waals surface area contributed by atoms with Gasteiger partial charge in [0.15, 0.2) is 0 Å². The second-order valence-corrected chi connectivity index (χ2v) is 8.98. The van der Waals surface area contributed by atoms with Gasteiger partial charge in [0.05, 0.1) is 11.8 Å². The molecule has 144 valence electrons. The lowest BCUT2D eigenvalue weighted by molar-refractivity contribution is -0.138. The number of nitrogens with one attached hydrogen (secondary N) is 1. The van der Waals surface area contributed by atoms with Crippen molar-refractivity contribution in [3.8, 4) is 0 Å². The van der Waals surface area contributed by atoms with E-state index in [4.69, 9.17) is 0 Å². The Balaban J connectivity index is 1.64. The maximum atomic E-state index is 13.1. The number of halogens is 3. The predicted octanol–water partition coefficient (Wildman–Crippen LogP) is 2.35. The molecule has 9 heteroatoms. The first-order valence-electron chi connectivity index (χ1n) is 8.49. The maximum Gasteiger partial charge on any atom is 0.416 e. The molecule has 3 atom stereocenters. The van der Waals surface area contributed by atoms with Crippen molar-refractivity contribution in [2.45, 2.75) is 37.4 Å². The number of carbonyl (C=O) groups is 1. The first-order chi connectivity index (χ1) is 12.1. The second kappa shape index (κ2) is 6.84. The zero-order chi connectivity index (χ0) is 19.1. The van der Waals surface area contributed by atoms with Crippen LogP contribution in [0.4, 0.5) is 13.2 Å². The molecule has 1 aliphatic heterocycles. The molecular weight excluding hydrogens is 369 g/mol. The fraction of sp³-hybridized carbons (Fsp3) is 0.588.